The van der Waals surface area contributed by atoms with Crippen molar-refractivity contribution in [1.82, 2.24) is 14.7 Å². The number of halogens is 1. The Hall–Kier alpha value is -3.56. The van der Waals surface area contributed by atoms with Gasteiger partial charge >= 0.3 is 0 Å². The summed E-state index contributed by atoms with van der Waals surface area (Å²) >= 11 is 8.26. The van der Waals surface area contributed by atoms with E-state index < -0.39 is 0 Å². The average Bonchev–Trinajstić information content (AvgIpc) is 3.24. The largest absolute Gasteiger partial charge is 0.486 e. The average molecular weight is 496 g/mol. The number of ether oxygens (including phenoxy) is 2. The van der Waals surface area contributed by atoms with Crippen LogP contribution in [0.15, 0.2) is 53.7 Å². The molecule has 0 saturated heterocycles. The van der Waals surface area contributed by atoms with E-state index >= 15 is 0 Å². The summed E-state index contributed by atoms with van der Waals surface area (Å²) in [6.07, 6.45) is 1.72. The summed E-state index contributed by atoms with van der Waals surface area (Å²) in [5.74, 6) is 2.15. The molecule has 3 N–H and O–H groups in total. The molecule has 10 heteroatoms. The van der Waals surface area contributed by atoms with Crippen LogP contribution >= 0.6 is 23.1 Å². The Morgan fingerprint density at radius 1 is 1.21 bits per heavy atom. The molecule has 0 spiro atoms. The number of carbonyl (C=O) groups is 1. The van der Waals surface area contributed by atoms with Crippen molar-refractivity contribution in [3.63, 3.8) is 0 Å². The highest BCUT2D eigenvalue weighted by atomic mass is 35.5. The zero-order valence-electron chi connectivity index (χ0n) is 18.4. The maximum atomic E-state index is 11.0. The lowest BCUT2D eigenvalue weighted by Crippen LogP contribution is -2.23. The van der Waals surface area contributed by atoms with E-state index in [4.69, 9.17) is 21.1 Å². The summed E-state index contributed by atoms with van der Waals surface area (Å²) < 4.78 is 14.6. The van der Waals surface area contributed by atoms with Crippen LogP contribution in [0.4, 0.5) is 11.5 Å². The van der Waals surface area contributed by atoms with Crippen molar-refractivity contribution < 1.29 is 14.3 Å². The molecule has 0 radical (unpaired) electrons. The molecule has 34 heavy (non-hydrogen) atoms. The van der Waals surface area contributed by atoms with E-state index in [9.17, 15) is 4.79 Å². The standard InChI is InChI=1S/C24H22ClN5O3S/c1-14(31)26-7-8-27-16-12-21-23(28-13-16)24(30-34-21)29-18-4-2-3-17(22(18)25)15-5-6-19-20(11-15)33-10-9-32-19/h2-6,11-13,29-30H,7-10H2,1H3,(H,26,31). The van der Waals surface area contributed by atoms with E-state index in [1.165, 1.54) is 18.5 Å². The molecule has 2 aromatic carbocycles. The molecule has 1 amide bonds. The smallest absolute Gasteiger partial charge is 0.216 e. The van der Waals surface area contributed by atoms with Gasteiger partial charge in [0.25, 0.3) is 0 Å². The van der Waals surface area contributed by atoms with Crippen molar-refractivity contribution in [3.05, 3.63) is 59.0 Å². The minimum atomic E-state index is -0.0657. The van der Waals surface area contributed by atoms with E-state index in [1.807, 2.05) is 42.5 Å². The second-order valence-electron chi connectivity index (χ2n) is 7.63. The number of anilines is 2. The lowest BCUT2D eigenvalue weighted by atomic mass is 10.0. The van der Waals surface area contributed by atoms with Crippen molar-refractivity contribution in [2.45, 2.75) is 6.92 Å². The molecule has 0 aliphatic carbocycles. The van der Waals surface area contributed by atoms with E-state index in [-0.39, 0.29) is 5.91 Å². The first-order chi connectivity index (χ1) is 16.6. The van der Waals surface area contributed by atoms with Gasteiger partial charge in [0.15, 0.2) is 11.5 Å². The van der Waals surface area contributed by atoms with Crippen molar-refractivity contribution in [2.24, 2.45) is 4.99 Å². The van der Waals surface area contributed by atoms with Crippen LogP contribution < -0.4 is 25.5 Å². The zero-order chi connectivity index (χ0) is 23.5. The molecular weight excluding hydrogens is 474 g/mol. The third kappa shape index (κ3) is 4.71. The number of hydrogen-bond donors (Lipinski definition) is 3. The van der Waals surface area contributed by atoms with Crippen LogP contribution in [0.1, 0.15) is 6.92 Å². The van der Waals surface area contributed by atoms with Gasteiger partial charge in [-0.2, -0.15) is 0 Å². The molecule has 0 bridgehead atoms. The minimum absolute atomic E-state index is 0.0657. The predicted octanol–water partition coefficient (Wildman–Crippen LogP) is 4.45. The number of amides is 1. The number of hydrogen-bond acceptors (Lipinski definition) is 7. The maximum Gasteiger partial charge on any atom is 0.216 e. The van der Waals surface area contributed by atoms with Crippen LogP contribution in [0.25, 0.3) is 21.7 Å². The van der Waals surface area contributed by atoms with Crippen molar-refractivity contribution >= 4 is 40.5 Å². The lowest BCUT2D eigenvalue weighted by molar-refractivity contribution is -0.118. The Morgan fingerprint density at radius 2 is 2.06 bits per heavy atom. The summed E-state index contributed by atoms with van der Waals surface area (Å²) in [5, 5.41) is 7.46. The quantitative estimate of drug-likeness (QED) is 0.343. The molecule has 0 atom stereocenters. The van der Waals surface area contributed by atoms with E-state index in [0.717, 1.165) is 50.1 Å². The Bertz CT molecular complexity index is 1380. The third-order valence-electron chi connectivity index (χ3n) is 5.23. The molecule has 3 aliphatic rings. The fourth-order valence-corrected chi connectivity index (χ4v) is 4.71. The monoisotopic (exact) mass is 495 g/mol. The first-order valence-electron chi connectivity index (χ1n) is 10.8. The molecule has 0 aromatic heterocycles. The number of pyridine rings is 1. The Labute approximate surface area is 205 Å². The second kappa shape index (κ2) is 9.74. The first kappa shape index (κ1) is 22.2. The molecule has 174 valence electrons. The topological polar surface area (TPSA) is 101 Å². The van der Waals surface area contributed by atoms with Gasteiger partial charge in [0, 0.05) is 19.0 Å². The van der Waals surface area contributed by atoms with Gasteiger partial charge < -0.3 is 20.1 Å². The van der Waals surface area contributed by atoms with E-state index in [0.29, 0.717) is 31.3 Å². The Balaban J connectivity index is 1.38. The fraction of sp³-hybridized carbons (Fsp3) is 0.208. The fourth-order valence-electron chi connectivity index (χ4n) is 3.64. The Morgan fingerprint density at radius 3 is 2.91 bits per heavy atom. The van der Waals surface area contributed by atoms with Crippen LogP contribution in [0.3, 0.4) is 0 Å². The summed E-state index contributed by atoms with van der Waals surface area (Å²) in [7, 11) is 0. The molecule has 0 saturated carbocycles. The van der Waals surface area contributed by atoms with E-state index in [1.54, 1.807) is 6.20 Å². The molecule has 0 fully saturated rings. The highest BCUT2D eigenvalue weighted by Crippen LogP contribution is 2.41. The van der Waals surface area contributed by atoms with Crippen molar-refractivity contribution in [1.29, 1.82) is 0 Å². The van der Waals surface area contributed by atoms with Crippen LogP contribution in [0.5, 0.6) is 11.5 Å². The molecule has 2 aromatic rings. The normalized spacial score (nSPS) is 13.2. The number of aromatic nitrogens is 2. The number of aromatic amines is 1. The Kier molecular flexibility index (Phi) is 6.37. The summed E-state index contributed by atoms with van der Waals surface area (Å²) in [4.78, 5) is 21.0. The molecule has 0 unspecified atom stereocenters. The third-order valence-corrected chi connectivity index (χ3v) is 6.47. The van der Waals surface area contributed by atoms with E-state index in [2.05, 4.69) is 25.0 Å². The highest BCUT2D eigenvalue weighted by molar-refractivity contribution is 7.10. The summed E-state index contributed by atoms with van der Waals surface area (Å²) in [6, 6.07) is 13.6. The van der Waals surface area contributed by atoms with Crippen LogP contribution in [0.2, 0.25) is 5.02 Å². The number of rotatable bonds is 6. The SMILES string of the molecule is CC(=O)NCCN=c1cnc2c(Nc3cccc(-c4ccc5c(c4)OCCO5)c3Cl)[nH]sc-2c1. The van der Waals surface area contributed by atoms with Gasteiger partial charge in [-0.15, -0.1) is 0 Å². The predicted molar refractivity (Wildman–Crippen MR) is 133 cm³/mol. The number of carbonyl (C=O) groups excluding carboxylic acids is 1. The number of benzene rings is 2. The maximum absolute atomic E-state index is 11.0. The van der Waals surface area contributed by atoms with Crippen molar-refractivity contribution in [3.8, 4) is 33.2 Å². The highest BCUT2D eigenvalue weighted by Gasteiger charge is 2.17. The number of nitrogens with one attached hydrogen (secondary N) is 3. The summed E-state index contributed by atoms with van der Waals surface area (Å²) in [5.41, 5.74) is 3.39. The van der Waals surface area contributed by atoms with Gasteiger partial charge in [0.05, 0.1) is 33.7 Å². The van der Waals surface area contributed by atoms with Crippen molar-refractivity contribution in [2.75, 3.05) is 31.6 Å². The van der Waals surface area contributed by atoms with Gasteiger partial charge in [0.1, 0.15) is 24.7 Å². The number of nitrogens with zero attached hydrogens (tertiary/aromatic N) is 2. The first-order valence-corrected chi connectivity index (χ1v) is 12.0. The molecule has 5 rings (SSSR count). The number of fused-ring (bicyclic) bond motifs is 2. The molecule has 3 heterocycles. The van der Waals surface area contributed by atoms with Gasteiger partial charge in [-0.25, -0.2) is 4.98 Å². The van der Waals surface area contributed by atoms with Gasteiger partial charge in [-0.3, -0.25) is 14.2 Å². The number of H-pyrrole nitrogens is 1. The molecular formula is C24H22ClN5O3S. The second-order valence-corrected chi connectivity index (χ2v) is 8.86. The van der Waals surface area contributed by atoms with Gasteiger partial charge in [-0.1, -0.05) is 41.3 Å². The van der Waals surface area contributed by atoms with Gasteiger partial charge in [-0.05, 0) is 29.8 Å². The van der Waals surface area contributed by atoms with Gasteiger partial charge in [0.2, 0.25) is 5.91 Å². The zero-order valence-corrected chi connectivity index (χ0v) is 19.9. The molecule has 3 aliphatic heterocycles. The van der Waals surface area contributed by atoms with Crippen LogP contribution in [-0.2, 0) is 4.79 Å². The summed E-state index contributed by atoms with van der Waals surface area (Å²) in [6.45, 7) is 3.56. The lowest BCUT2D eigenvalue weighted by Gasteiger charge is -2.19. The minimum Gasteiger partial charge on any atom is -0.486 e. The van der Waals surface area contributed by atoms with Crippen LogP contribution in [-0.4, -0.2) is 41.6 Å². The molecule has 8 nitrogen and oxygen atoms in total. The van der Waals surface area contributed by atoms with Crippen LogP contribution in [0, 0.1) is 0 Å².